The first kappa shape index (κ1) is 8.53. The molecule has 0 fully saturated rings. The van der Waals surface area contributed by atoms with Crippen LogP contribution in [-0.2, 0) is 6.54 Å². The first-order valence-corrected chi connectivity index (χ1v) is 4.34. The molecule has 0 aliphatic carbocycles. The predicted molar refractivity (Wildman–Crippen MR) is 51.6 cm³/mol. The average molecular weight is 197 g/mol. The van der Waals surface area contributed by atoms with Gasteiger partial charge in [-0.15, -0.1) is 0 Å². The number of aromatic nitrogens is 1. The molecule has 0 unspecified atom stereocenters. The highest BCUT2D eigenvalue weighted by Gasteiger charge is 2.09. The van der Waals surface area contributed by atoms with E-state index in [9.17, 15) is 0 Å². The summed E-state index contributed by atoms with van der Waals surface area (Å²) in [5, 5.41) is 0.577. The van der Waals surface area contributed by atoms with E-state index >= 15 is 0 Å². The molecule has 1 heterocycles. The number of benzene rings is 1. The third-order valence-corrected chi connectivity index (χ3v) is 2.21. The zero-order valence-electron chi connectivity index (χ0n) is 7.17. The summed E-state index contributed by atoms with van der Waals surface area (Å²) in [6.45, 7) is 2.26. The molecule has 0 radical (unpaired) electrons. The Hall–Kier alpha value is -1.06. The molecule has 0 atom stereocenters. The Morgan fingerprint density at radius 3 is 2.92 bits per heavy atom. The van der Waals surface area contributed by atoms with Crippen molar-refractivity contribution < 1.29 is 4.42 Å². The van der Waals surface area contributed by atoms with Gasteiger partial charge in [-0.3, -0.25) is 0 Å². The van der Waals surface area contributed by atoms with Crippen LogP contribution < -0.4 is 5.73 Å². The Morgan fingerprint density at radius 1 is 1.54 bits per heavy atom. The van der Waals surface area contributed by atoms with Crippen LogP contribution in [0.2, 0.25) is 5.02 Å². The van der Waals surface area contributed by atoms with Crippen molar-refractivity contribution in [2.45, 2.75) is 13.5 Å². The third-order valence-electron chi connectivity index (χ3n) is 1.92. The van der Waals surface area contributed by atoms with Crippen molar-refractivity contribution in [2.24, 2.45) is 5.73 Å². The lowest BCUT2D eigenvalue weighted by Crippen LogP contribution is -1.95. The first-order chi connectivity index (χ1) is 6.22. The van der Waals surface area contributed by atoms with Gasteiger partial charge in [0.2, 0.25) is 5.89 Å². The maximum atomic E-state index is 5.92. The molecular weight excluding hydrogens is 188 g/mol. The van der Waals surface area contributed by atoms with Crippen LogP contribution in [-0.4, -0.2) is 4.98 Å². The lowest BCUT2D eigenvalue weighted by Gasteiger charge is -1.93. The summed E-state index contributed by atoms with van der Waals surface area (Å²) < 4.78 is 5.36. The second-order valence-corrected chi connectivity index (χ2v) is 3.26. The smallest absolute Gasteiger partial charge is 0.209 e. The Bertz CT molecular complexity index is 411. The highest BCUT2D eigenvalue weighted by Crippen LogP contribution is 2.26. The summed E-state index contributed by atoms with van der Waals surface area (Å²) in [5.74, 6) is 0.520. The highest BCUT2D eigenvalue weighted by molar-refractivity contribution is 6.34. The molecule has 0 saturated heterocycles. The van der Waals surface area contributed by atoms with E-state index in [4.69, 9.17) is 21.8 Å². The summed E-state index contributed by atoms with van der Waals surface area (Å²) >= 11 is 5.92. The van der Waals surface area contributed by atoms with Crippen molar-refractivity contribution in [2.75, 3.05) is 0 Å². The molecule has 13 heavy (non-hydrogen) atoms. The average Bonchev–Trinajstić information content (AvgIpc) is 2.56. The number of aryl methyl sites for hydroxylation is 1. The second kappa shape index (κ2) is 3.01. The third kappa shape index (κ3) is 1.30. The Balaban J connectivity index is 2.80. The van der Waals surface area contributed by atoms with E-state index in [-0.39, 0.29) is 0 Å². The van der Waals surface area contributed by atoms with Crippen molar-refractivity contribution in [1.29, 1.82) is 0 Å². The van der Waals surface area contributed by atoms with Crippen LogP contribution >= 0.6 is 11.6 Å². The monoisotopic (exact) mass is 196 g/mol. The normalized spacial score (nSPS) is 11.0. The SMILES string of the molecule is Cc1ccc(Cl)c2oc(CN)nc12. The van der Waals surface area contributed by atoms with Gasteiger partial charge in [0.05, 0.1) is 11.6 Å². The fourth-order valence-electron chi connectivity index (χ4n) is 1.23. The largest absolute Gasteiger partial charge is 0.438 e. The van der Waals surface area contributed by atoms with Gasteiger partial charge in [0.15, 0.2) is 5.58 Å². The van der Waals surface area contributed by atoms with E-state index in [0.29, 0.717) is 23.0 Å². The van der Waals surface area contributed by atoms with Gasteiger partial charge in [-0.25, -0.2) is 4.98 Å². The predicted octanol–water partition coefficient (Wildman–Crippen LogP) is 2.25. The summed E-state index contributed by atoms with van der Waals surface area (Å²) in [4.78, 5) is 4.22. The van der Waals surface area contributed by atoms with Crippen LogP contribution in [0.15, 0.2) is 16.5 Å². The van der Waals surface area contributed by atoms with E-state index in [1.54, 1.807) is 6.07 Å². The van der Waals surface area contributed by atoms with E-state index in [1.165, 1.54) is 0 Å². The van der Waals surface area contributed by atoms with Gasteiger partial charge in [-0.1, -0.05) is 17.7 Å². The van der Waals surface area contributed by atoms with Crippen molar-refractivity contribution in [3.05, 3.63) is 28.6 Å². The van der Waals surface area contributed by atoms with Crippen LogP contribution in [0.3, 0.4) is 0 Å². The molecule has 0 amide bonds. The standard InChI is InChI=1S/C9H9ClN2O/c1-5-2-3-6(10)9-8(5)12-7(4-11)13-9/h2-3H,4,11H2,1H3. The molecule has 4 heteroatoms. The molecule has 1 aromatic carbocycles. The fourth-order valence-corrected chi connectivity index (χ4v) is 1.42. The van der Waals surface area contributed by atoms with Gasteiger partial charge in [-0.05, 0) is 18.6 Å². The number of oxazole rings is 1. The molecule has 2 rings (SSSR count). The van der Waals surface area contributed by atoms with Crippen molar-refractivity contribution in [3.8, 4) is 0 Å². The Morgan fingerprint density at radius 2 is 2.31 bits per heavy atom. The van der Waals surface area contributed by atoms with Crippen molar-refractivity contribution in [1.82, 2.24) is 4.98 Å². The topological polar surface area (TPSA) is 52.0 Å². The van der Waals surface area contributed by atoms with Gasteiger partial charge in [0.1, 0.15) is 5.52 Å². The first-order valence-electron chi connectivity index (χ1n) is 3.97. The fraction of sp³-hybridized carbons (Fsp3) is 0.222. The second-order valence-electron chi connectivity index (χ2n) is 2.85. The van der Waals surface area contributed by atoms with Crippen LogP contribution in [0.4, 0.5) is 0 Å². The zero-order valence-corrected chi connectivity index (χ0v) is 7.93. The Kier molecular flexibility index (Phi) is 1.98. The summed E-state index contributed by atoms with van der Waals surface area (Å²) in [5.41, 5.74) is 7.88. The molecule has 0 aliphatic heterocycles. The van der Waals surface area contributed by atoms with Gasteiger partial charge in [0, 0.05) is 0 Å². The maximum Gasteiger partial charge on any atom is 0.209 e. The lowest BCUT2D eigenvalue weighted by atomic mass is 10.2. The number of nitrogens with two attached hydrogens (primary N) is 1. The maximum absolute atomic E-state index is 5.92. The molecule has 0 aliphatic rings. The molecular formula is C9H9ClN2O. The van der Waals surface area contributed by atoms with Gasteiger partial charge >= 0.3 is 0 Å². The number of fused-ring (bicyclic) bond motifs is 1. The Labute approximate surface area is 80.5 Å². The summed E-state index contributed by atoms with van der Waals surface area (Å²) in [7, 11) is 0. The summed E-state index contributed by atoms with van der Waals surface area (Å²) in [6.07, 6.45) is 0. The van der Waals surface area contributed by atoms with Crippen molar-refractivity contribution >= 4 is 22.7 Å². The number of halogens is 1. The van der Waals surface area contributed by atoms with E-state index in [1.807, 2.05) is 13.0 Å². The van der Waals surface area contributed by atoms with Crippen LogP contribution in [0, 0.1) is 6.92 Å². The molecule has 3 nitrogen and oxygen atoms in total. The molecule has 68 valence electrons. The van der Waals surface area contributed by atoms with E-state index < -0.39 is 0 Å². The minimum atomic E-state index is 0.296. The van der Waals surface area contributed by atoms with Crippen LogP contribution in [0.1, 0.15) is 11.5 Å². The minimum absolute atomic E-state index is 0.296. The number of nitrogens with zero attached hydrogens (tertiary/aromatic N) is 1. The van der Waals surface area contributed by atoms with Gasteiger partial charge in [-0.2, -0.15) is 0 Å². The number of rotatable bonds is 1. The minimum Gasteiger partial charge on any atom is -0.438 e. The highest BCUT2D eigenvalue weighted by atomic mass is 35.5. The molecule has 0 spiro atoms. The van der Waals surface area contributed by atoms with Gasteiger partial charge in [0.25, 0.3) is 0 Å². The molecule has 2 N–H and O–H groups in total. The van der Waals surface area contributed by atoms with E-state index in [0.717, 1.165) is 11.1 Å². The quantitative estimate of drug-likeness (QED) is 0.761. The van der Waals surface area contributed by atoms with Gasteiger partial charge < -0.3 is 10.2 Å². The van der Waals surface area contributed by atoms with Crippen molar-refractivity contribution in [3.63, 3.8) is 0 Å². The molecule has 1 aromatic heterocycles. The van der Waals surface area contributed by atoms with Crippen LogP contribution in [0.5, 0.6) is 0 Å². The zero-order chi connectivity index (χ0) is 9.42. The van der Waals surface area contributed by atoms with E-state index in [2.05, 4.69) is 4.98 Å². The summed E-state index contributed by atoms with van der Waals surface area (Å²) in [6, 6.07) is 3.71. The molecule has 0 bridgehead atoms. The van der Waals surface area contributed by atoms with Crippen LogP contribution in [0.25, 0.3) is 11.1 Å². The lowest BCUT2D eigenvalue weighted by molar-refractivity contribution is 0.533. The molecule has 2 aromatic rings. The molecule has 0 saturated carbocycles. The number of hydrogen-bond donors (Lipinski definition) is 1. The number of hydrogen-bond acceptors (Lipinski definition) is 3.